The minimum absolute atomic E-state index is 0.158. The molecule has 8 nitrogen and oxygen atoms in total. The van der Waals surface area contributed by atoms with Gasteiger partial charge in [-0.05, 0) is 36.8 Å². The highest BCUT2D eigenvalue weighted by Crippen LogP contribution is 2.13. The van der Waals surface area contributed by atoms with E-state index in [1.54, 1.807) is 16.9 Å². The van der Waals surface area contributed by atoms with Crippen LogP contribution in [0, 0.1) is 0 Å². The van der Waals surface area contributed by atoms with Gasteiger partial charge in [0.25, 0.3) is 5.91 Å². The molecule has 0 radical (unpaired) electrons. The van der Waals surface area contributed by atoms with Gasteiger partial charge in [-0.1, -0.05) is 12.1 Å². The average Bonchev–Trinajstić information content (AvgIpc) is 3.26. The number of benzene rings is 1. The van der Waals surface area contributed by atoms with E-state index < -0.39 is 17.9 Å². The summed E-state index contributed by atoms with van der Waals surface area (Å²) in [5, 5.41) is 19.9. The van der Waals surface area contributed by atoms with Gasteiger partial charge in [0.1, 0.15) is 6.04 Å². The van der Waals surface area contributed by atoms with Crippen molar-refractivity contribution in [3.8, 4) is 0 Å². The predicted octanol–water partition coefficient (Wildman–Crippen LogP) is 2.03. The van der Waals surface area contributed by atoms with Crippen LogP contribution in [0.15, 0.2) is 55.0 Å². The molecule has 0 aliphatic heterocycles. The summed E-state index contributed by atoms with van der Waals surface area (Å²) in [7, 11) is 0. The first kappa shape index (κ1) is 16.4. The molecule has 0 fully saturated rings. The number of aliphatic carboxylic acids is 1. The highest BCUT2D eigenvalue weighted by molar-refractivity contribution is 6.02. The quantitative estimate of drug-likeness (QED) is 0.715. The highest BCUT2D eigenvalue weighted by atomic mass is 16.4. The average molecular weight is 339 g/mol. The first-order valence-electron chi connectivity index (χ1n) is 7.68. The topological polar surface area (TPSA) is 102 Å². The van der Waals surface area contributed by atoms with Crippen LogP contribution in [0.1, 0.15) is 29.0 Å². The lowest BCUT2D eigenvalue weighted by molar-refractivity contribution is -0.140. The minimum Gasteiger partial charge on any atom is -0.480 e. The van der Waals surface area contributed by atoms with Crippen LogP contribution in [0.5, 0.6) is 0 Å². The standard InChI is InChI=1S/C17H17N5O3/c1-12(17(24)25)22-9-6-15(20-22)16(23)19-14-5-2-4-13(10-14)11-21-8-3-7-18-21/h2-10,12H,11H2,1H3,(H,19,23)(H,24,25). The van der Waals surface area contributed by atoms with E-state index in [2.05, 4.69) is 15.5 Å². The number of carbonyl (C=O) groups excluding carboxylic acids is 1. The molecule has 2 N–H and O–H groups in total. The molecule has 1 unspecified atom stereocenters. The molecule has 3 rings (SSSR count). The molecule has 2 heterocycles. The van der Waals surface area contributed by atoms with Crippen molar-refractivity contribution in [2.45, 2.75) is 19.5 Å². The zero-order chi connectivity index (χ0) is 17.8. The Balaban J connectivity index is 1.70. The normalized spacial score (nSPS) is 11.9. The second-order valence-corrected chi connectivity index (χ2v) is 5.55. The van der Waals surface area contributed by atoms with Crippen LogP contribution in [0.3, 0.4) is 0 Å². The van der Waals surface area contributed by atoms with Crippen molar-refractivity contribution in [3.63, 3.8) is 0 Å². The monoisotopic (exact) mass is 339 g/mol. The van der Waals surface area contributed by atoms with Gasteiger partial charge in [0.05, 0.1) is 6.54 Å². The predicted molar refractivity (Wildman–Crippen MR) is 90.3 cm³/mol. The highest BCUT2D eigenvalue weighted by Gasteiger charge is 2.17. The van der Waals surface area contributed by atoms with E-state index in [9.17, 15) is 9.59 Å². The number of amides is 1. The van der Waals surface area contributed by atoms with E-state index in [1.165, 1.54) is 23.9 Å². The number of hydrogen-bond acceptors (Lipinski definition) is 4. The molecule has 25 heavy (non-hydrogen) atoms. The van der Waals surface area contributed by atoms with Crippen LogP contribution in [0.2, 0.25) is 0 Å². The molecule has 1 atom stereocenters. The molecule has 0 aliphatic carbocycles. The summed E-state index contributed by atoms with van der Waals surface area (Å²) in [6.07, 6.45) is 5.05. The van der Waals surface area contributed by atoms with Crippen LogP contribution < -0.4 is 5.32 Å². The maximum atomic E-state index is 12.3. The molecule has 0 saturated heterocycles. The summed E-state index contributed by atoms with van der Waals surface area (Å²) in [6.45, 7) is 2.09. The third-order valence-electron chi connectivity index (χ3n) is 3.68. The lowest BCUT2D eigenvalue weighted by atomic mass is 10.2. The molecule has 0 spiro atoms. The van der Waals surface area contributed by atoms with Gasteiger partial charge >= 0.3 is 5.97 Å². The van der Waals surface area contributed by atoms with Crippen molar-refractivity contribution in [1.29, 1.82) is 0 Å². The Labute approximate surface area is 143 Å². The van der Waals surface area contributed by atoms with E-state index in [4.69, 9.17) is 5.11 Å². The van der Waals surface area contributed by atoms with Crippen molar-refractivity contribution in [1.82, 2.24) is 19.6 Å². The summed E-state index contributed by atoms with van der Waals surface area (Å²) < 4.78 is 3.03. The molecule has 3 aromatic rings. The molecule has 1 amide bonds. The van der Waals surface area contributed by atoms with Crippen molar-refractivity contribution in [2.75, 3.05) is 5.32 Å². The Morgan fingerprint density at radius 1 is 1.24 bits per heavy atom. The zero-order valence-electron chi connectivity index (χ0n) is 13.5. The van der Waals surface area contributed by atoms with Gasteiger partial charge in [0.2, 0.25) is 0 Å². The zero-order valence-corrected chi connectivity index (χ0v) is 13.5. The summed E-state index contributed by atoms with van der Waals surface area (Å²) in [6, 6.07) is 9.93. The number of nitrogens with one attached hydrogen (secondary N) is 1. The minimum atomic E-state index is -1.01. The van der Waals surface area contributed by atoms with Crippen molar-refractivity contribution >= 4 is 17.6 Å². The second-order valence-electron chi connectivity index (χ2n) is 5.55. The van der Waals surface area contributed by atoms with Gasteiger partial charge in [-0.15, -0.1) is 0 Å². The second kappa shape index (κ2) is 7.00. The fourth-order valence-electron chi connectivity index (χ4n) is 2.31. The van der Waals surface area contributed by atoms with Gasteiger partial charge in [-0.25, -0.2) is 4.79 Å². The largest absolute Gasteiger partial charge is 0.480 e. The third-order valence-corrected chi connectivity index (χ3v) is 3.68. The Morgan fingerprint density at radius 2 is 2.08 bits per heavy atom. The Morgan fingerprint density at radius 3 is 2.80 bits per heavy atom. The van der Waals surface area contributed by atoms with Gasteiger partial charge in [-0.3, -0.25) is 14.2 Å². The van der Waals surface area contributed by atoms with E-state index in [1.807, 2.05) is 30.5 Å². The van der Waals surface area contributed by atoms with Crippen molar-refractivity contribution < 1.29 is 14.7 Å². The summed E-state index contributed by atoms with van der Waals surface area (Å²) >= 11 is 0. The molecule has 8 heteroatoms. The number of hydrogen-bond donors (Lipinski definition) is 2. The maximum Gasteiger partial charge on any atom is 0.328 e. The molecule has 2 aromatic heterocycles. The summed E-state index contributed by atoms with van der Waals surface area (Å²) in [4.78, 5) is 23.3. The molecular formula is C17H17N5O3. The molecule has 1 aromatic carbocycles. The van der Waals surface area contributed by atoms with E-state index in [0.717, 1.165) is 5.56 Å². The smallest absolute Gasteiger partial charge is 0.328 e. The van der Waals surface area contributed by atoms with Crippen LogP contribution in [0.4, 0.5) is 5.69 Å². The molecule has 0 bridgehead atoms. The maximum absolute atomic E-state index is 12.3. The number of carboxylic acid groups (broad SMARTS) is 1. The Kier molecular flexibility index (Phi) is 4.60. The van der Waals surface area contributed by atoms with Gasteiger partial charge in [0, 0.05) is 24.3 Å². The van der Waals surface area contributed by atoms with E-state index >= 15 is 0 Å². The third kappa shape index (κ3) is 3.92. The number of anilines is 1. The van der Waals surface area contributed by atoms with Gasteiger partial charge in [-0.2, -0.15) is 10.2 Å². The SMILES string of the molecule is CC(C(=O)O)n1ccc(C(=O)Nc2cccc(Cn3cccn3)c2)n1. The van der Waals surface area contributed by atoms with E-state index in [0.29, 0.717) is 12.2 Å². The lowest BCUT2D eigenvalue weighted by Crippen LogP contribution is -2.18. The van der Waals surface area contributed by atoms with Crippen LogP contribution >= 0.6 is 0 Å². The van der Waals surface area contributed by atoms with Crippen molar-refractivity contribution in [2.24, 2.45) is 0 Å². The number of rotatable bonds is 6. The molecule has 0 aliphatic rings. The number of carbonyl (C=O) groups is 2. The van der Waals surface area contributed by atoms with Gasteiger partial charge < -0.3 is 10.4 Å². The fourth-order valence-corrected chi connectivity index (χ4v) is 2.31. The van der Waals surface area contributed by atoms with Gasteiger partial charge in [0.15, 0.2) is 5.69 Å². The molecular weight excluding hydrogens is 322 g/mol. The van der Waals surface area contributed by atoms with Crippen LogP contribution in [-0.4, -0.2) is 36.5 Å². The number of nitrogens with zero attached hydrogens (tertiary/aromatic N) is 4. The molecule has 0 saturated carbocycles. The van der Waals surface area contributed by atoms with E-state index in [-0.39, 0.29) is 5.69 Å². The summed E-state index contributed by atoms with van der Waals surface area (Å²) in [5.74, 6) is -1.41. The number of aromatic nitrogens is 4. The molecule has 128 valence electrons. The van der Waals surface area contributed by atoms with Crippen LogP contribution in [-0.2, 0) is 11.3 Å². The number of carboxylic acids is 1. The van der Waals surface area contributed by atoms with Crippen LogP contribution in [0.25, 0.3) is 0 Å². The fraction of sp³-hybridized carbons (Fsp3) is 0.176. The van der Waals surface area contributed by atoms with Crippen molar-refractivity contribution in [3.05, 3.63) is 66.2 Å². The first-order valence-corrected chi connectivity index (χ1v) is 7.68. The Bertz CT molecular complexity index is 885. The summed E-state index contributed by atoms with van der Waals surface area (Å²) in [5.41, 5.74) is 1.78. The lowest BCUT2D eigenvalue weighted by Gasteiger charge is -2.07. The first-order chi connectivity index (χ1) is 12.0. The Hall–Kier alpha value is -3.42.